The molecule has 2 saturated heterocycles. The number of aromatic amines is 3. The minimum absolute atomic E-state index is 0.0163. The Bertz CT molecular complexity index is 3380. The van der Waals surface area contributed by atoms with Crippen LogP contribution < -0.4 is 21.4 Å². The van der Waals surface area contributed by atoms with Crippen LogP contribution in [0.4, 0.5) is 8.78 Å². The fraction of sp³-hybridized carbons (Fsp3) is 0.259. The number of carbonyl (C=O) groups excluding carboxylic acids is 2. The number of ether oxygens (including phenoxy) is 1. The largest absolute Gasteiger partial charge is 0.474 e. The number of rotatable bonds is 8. The summed E-state index contributed by atoms with van der Waals surface area (Å²) in [5.74, 6) is -1.25. The highest BCUT2D eigenvalue weighted by Gasteiger charge is 2.28. The molecule has 0 unspecified atom stereocenters. The third-order valence-electron chi connectivity index (χ3n) is 12.4. The van der Waals surface area contributed by atoms with Crippen molar-refractivity contribution in [2.45, 2.75) is 64.6 Å². The molecular weight excluding hydrogens is 911 g/mol. The summed E-state index contributed by atoms with van der Waals surface area (Å²) in [6.07, 6.45) is 2.57. The highest BCUT2D eigenvalue weighted by Crippen LogP contribution is 2.24. The van der Waals surface area contributed by atoms with Gasteiger partial charge in [0.05, 0.1) is 39.4 Å². The number of aryl methyl sites for hydroxylation is 2. The van der Waals surface area contributed by atoms with E-state index in [1.807, 2.05) is 62.4 Å². The van der Waals surface area contributed by atoms with E-state index < -0.39 is 17.7 Å². The zero-order valence-corrected chi connectivity index (χ0v) is 39.2. The second-order valence-electron chi connectivity index (χ2n) is 17.5. The first kappa shape index (κ1) is 49.2. The van der Waals surface area contributed by atoms with E-state index in [0.29, 0.717) is 92.7 Å². The highest BCUT2D eigenvalue weighted by molar-refractivity contribution is 5.95. The topological polar surface area (TPSA) is 207 Å². The first-order chi connectivity index (χ1) is 34.3. The first-order valence-electron chi connectivity index (χ1n) is 23.3. The van der Waals surface area contributed by atoms with Crippen LogP contribution >= 0.6 is 0 Å². The van der Waals surface area contributed by atoms with Gasteiger partial charge in [0.1, 0.15) is 17.7 Å². The SMILES string of the molecule is Cc1cccc(=O)[nH]1.Cc1cccc(OC2CCN(C(=O)c3cc(Cc4n[nH]c(=O)c5ccccc45)ccc3F)CC2)n1.O=C(c1cc(Cc2n[nH]c(=O)c3ccccc23)ccc1F)N1CCC(O)CC1. The van der Waals surface area contributed by atoms with Gasteiger partial charge in [0.15, 0.2) is 0 Å². The van der Waals surface area contributed by atoms with Gasteiger partial charge in [0.2, 0.25) is 11.4 Å². The second kappa shape index (κ2) is 22.5. The van der Waals surface area contributed by atoms with Gasteiger partial charge in [-0.15, -0.1) is 0 Å². The van der Waals surface area contributed by atoms with E-state index in [4.69, 9.17) is 4.74 Å². The van der Waals surface area contributed by atoms with Gasteiger partial charge in [-0.1, -0.05) is 60.7 Å². The van der Waals surface area contributed by atoms with Gasteiger partial charge in [-0.2, -0.15) is 10.2 Å². The average Bonchev–Trinajstić information content (AvgIpc) is 3.37. The number of nitrogens with one attached hydrogen (secondary N) is 3. The van der Waals surface area contributed by atoms with Gasteiger partial charge in [-0.25, -0.2) is 24.0 Å². The van der Waals surface area contributed by atoms with E-state index in [0.717, 1.165) is 33.3 Å². The Kier molecular flexibility index (Phi) is 15.6. The lowest BCUT2D eigenvalue weighted by atomic mass is 10.0. The van der Waals surface area contributed by atoms with Crippen molar-refractivity contribution in [2.75, 3.05) is 26.2 Å². The molecular formula is C54H52F2N8O7. The lowest BCUT2D eigenvalue weighted by Crippen LogP contribution is -2.42. The van der Waals surface area contributed by atoms with Crippen molar-refractivity contribution in [3.63, 3.8) is 0 Å². The summed E-state index contributed by atoms with van der Waals surface area (Å²) in [6, 6.07) is 34.1. The number of hydrogen-bond donors (Lipinski definition) is 4. The predicted molar refractivity (Wildman–Crippen MR) is 265 cm³/mol. The van der Waals surface area contributed by atoms with Crippen molar-refractivity contribution in [3.05, 3.63) is 209 Å². The van der Waals surface area contributed by atoms with Crippen molar-refractivity contribution in [3.8, 4) is 5.88 Å². The third-order valence-corrected chi connectivity index (χ3v) is 12.4. The Morgan fingerprint density at radius 2 is 1.10 bits per heavy atom. The molecule has 2 aliphatic rings. The summed E-state index contributed by atoms with van der Waals surface area (Å²) >= 11 is 0. The average molecular weight is 963 g/mol. The standard InChI is InChI=1S/C27H25FN4O3.C21H20FN3O3.C6H7NO/c1-17-5-4-8-25(29-17)35-19-11-13-32(14-12-19)27(34)22-15-18(9-10-23(22)28)16-24-20-6-2-3-7-21(20)26(33)31-30-24;22-18-6-5-13(11-17(18)21(28)25-9-7-14(26)8-10-25)12-19-15-3-1-2-4-16(15)20(27)24-23-19;1-5-3-2-4-6(8)7-5/h2-10,15,19H,11-14,16H2,1H3,(H,31,33);1-6,11,14,26H,7-10,12H2,(H,24,27);2-4H,1H3,(H,7,8). The van der Waals surface area contributed by atoms with Crippen LogP contribution in [0.15, 0.2) is 136 Å². The van der Waals surface area contributed by atoms with Gasteiger partial charge >= 0.3 is 0 Å². The molecule has 10 rings (SSSR count). The summed E-state index contributed by atoms with van der Waals surface area (Å²) in [4.78, 5) is 70.5. The molecule has 2 amide bonds. The molecule has 0 saturated carbocycles. The van der Waals surface area contributed by atoms with Crippen molar-refractivity contribution in [1.29, 1.82) is 0 Å². The number of carbonyl (C=O) groups is 2. The minimum Gasteiger partial charge on any atom is -0.474 e. The molecule has 0 radical (unpaired) electrons. The third kappa shape index (κ3) is 12.4. The molecule has 364 valence electrons. The number of H-pyrrole nitrogens is 3. The number of nitrogens with zero attached hydrogens (tertiary/aromatic N) is 5. The number of halogens is 2. The molecule has 15 nitrogen and oxygen atoms in total. The van der Waals surface area contributed by atoms with Gasteiger partial charge < -0.3 is 24.6 Å². The number of aromatic nitrogens is 6. The first-order valence-corrected chi connectivity index (χ1v) is 23.3. The van der Waals surface area contributed by atoms with Gasteiger partial charge in [0.25, 0.3) is 22.9 Å². The molecule has 71 heavy (non-hydrogen) atoms. The molecule has 6 heterocycles. The Balaban J connectivity index is 0.000000167. The maximum atomic E-state index is 14.7. The lowest BCUT2D eigenvalue weighted by molar-refractivity contribution is 0.0540. The van der Waals surface area contributed by atoms with Crippen LogP contribution in [0.2, 0.25) is 0 Å². The fourth-order valence-electron chi connectivity index (χ4n) is 8.59. The number of likely N-dealkylation sites (tertiary alicyclic amines) is 2. The van der Waals surface area contributed by atoms with E-state index in [1.54, 1.807) is 64.4 Å². The van der Waals surface area contributed by atoms with E-state index in [1.165, 1.54) is 18.2 Å². The van der Waals surface area contributed by atoms with E-state index >= 15 is 0 Å². The monoisotopic (exact) mass is 962 g/mol. The number of fused-ring (bicyclic) bond motifs is 2. The molecule has 0 atom stereocenters. The Hall–Kier alpha value is -8.18. The Morgan fingerprint density at radius 3 is 1.56 bits per heavy atom. The fourth-order valence-corrected chi connectivity index (χ4v) is 8.59. The van der Waals surface area contributed by atoms with Gasteiger partial charge in [-0.05, 0) is 86.3 Å². The zero-order chi connectivity index (χ0) is 50.0. The number of hydrogen-bond acceptors (Lipinski definition) is 10. The van der Waals surface area contributed by atoms with Crippen LogP contribution in [0.1, 0.15) is 80.3 Å². The minimum atomic E-state index is -0.570. The van der Waals surface area contributed by atoms with Crippen LogP contribution in [-0.2, 0) is 12.8 Å². The molecule has 2 fully saturated rings. The van der Waals surface area contributed by atoms with Gasteiger partial charge in [0, 0.05) is 86.2 Å². The molecule has 0 bridgehead atoms. The van der Waals surface area contributed by atoms with Crippen LogP contribution in [0.25, 0.3) is 21.5 Å². The highest BCUT2D eigenvalue weighted by atomic mass is 19.1. The van der Waals surface area contributed by atoms with Crippen molar-refractivity contribution < 1.29 is 28.2 Å². The zero-order valence-electron chi connectivity index (χ0n) is 39.2. The molecule has 4 aromatic carbocycles. The van der Waals surface area contributed by atoms with Crippen molar-refractivity contribution in [2.24, 2.45) is 0 Å². The maximum absolute atomic E-state index is 14.7. The number of pyridine rings is 2. The smallest absolute Gasteiger partial charge is 0.272 e. The summed E-state index contributed by atoms with van der Waals surface area (Å²) in [7, 11) is 0. The van der Waals surface area contributed by atoms with E-state index in [2.05, 4.69) is 30.4 Å². The molecule has 0 aliphatic carbocycles. The second-order valence-corrected chi connectivity index (χ2v) is 17.5. The number of piperidine rings is 2. The lowest BCUT2D eigenvalue weighted by Gasteiger charge is -2.32. The van der Waals surface area contributed by atoms with Crippen LogP contribution in [-0.4, -0.2) is 95.5 Å². The van der Waals surface area contributed by atoms with E-state index in [-0.39, 0.29) is 45.7 Å². The number of aliphatic hydroxyl groups excluding tert-OH is 1. The molecule has 8 aromatic rings. The Labute approximate surface area is 406 Å². The number of benzene rings is 4. The maximum Gasteiger partial charge on any atom is 0.272 e. The number of amides is 2. The number of aliphatic hydroxyl groups is 1. The van der Waals surface area contributed by atoms with Crippen molar-refractivity contribution >= 4 is 33.4 Å². The molecule has 0 spiro atoms. The normalized spacial score (nSPS) is 14.0. The van der Waals surface area contributed by atoms with Crippen LogP contribution in [0, 0.1) is 25.5 Å². The van der Waals surface area contributed by atoms with Gasteiger partial charge in [-0.3, -0.25) is 24.0 Å². The van der Waals surface area contributed by atoms with Crippen LogP contribution in [0.5, 0.6) is 5.88 Å². The summed E-state index contributed by atoms with van der Waals surface area (Å²) in [5.41, 5.74) is 4.06. The quantitative estimate of drug-likeness (QED) is 0.123. The van der Waals surface area contributed by atoms with Crippen molar-refractivity contribution in [1.82, 2.24) is 40.2 Å². The summed E-state index contributed by atoms with van der Waals surface area (Å²) < 4.78 is 35.0. The summed E-state index contributed by atoms with van der Waals surface area (Å²) in [6.45, 7) is 5.54. The molecule has 4 aromatic heterocycles. The molecule has 2 aliphatic heterocycles. The Morgan fingerprint density at radius 1 is 0.620 bits per heavy atom. The van der Waals surface area contributed by atoms with Crippen LogP contribution in [0.3, 0.4) is 0 Å². The van der Waals surface area contributed by atoms with E-state index in [9.17, 15) is 37.9 Å². The molecule has 4 N–H and O–H groups in total. The molecule has 17 heteroatoms. The summed E-state index contributed by atoms with van der Waals surface area (Å²) in [5, 5.41) is 25.5. The predicted octanol–water partition coefficient (Wildman–Crippen LogP) is 6.97.